The van der Waals surface area contributed by atoms with Gasteiger partial charge >= 0.3 is 5.35 Å². The lowest BCUT2D eigenvalue weighted by atomic mass is 9.97. The quantitative estimate of drug-likeness (QED) is 0.800. The molecule has 1 aromatic carbocycles. The predicted molar refractivity (Wildman–Crippen MR) is 57.9 cm³/mol. The highest BCUT2D eigenvalue weighted by atomic mass is 35.5. The van der Waals surface area contributed by atoms with Crippen LogP contribution in [0.3, 0.4) is 0 Å². The van der Waals surface area contributed by atoms with Crippen molar-refractivity contribution in [2.75, 3.05) is 0 Å². The van der Waals surface area contributed by atoms with Crippen LogP contribution in [0.5, 0.6) is 0 Å². The van der Waals surface area contributed by atoms with Crippen LogP contribution < -0.4 is 0 Å². The molecule has 2 aromatic rings. The summed E-state index contributed by atoms with van der Waals surface area (Å²) in [5, 5.41) is 7.67. The third kappa shape index (κ3) is 2.18. The molecule has 1 heterocycles. The van der Waals surface area contributed by atoms with Gasteiger partial charge in [-0.15, -0.1) is 5.10 Å². The van der Waals surface area contributed by atoms with Gasteiger partial charge in [-0.1, -0.05) is 42.4 Å². The number of halogens is 1. The van der Waals surface area contributed by atoms with Gasteiger partial charge in [0.1, 0.15) is 0 Å². The van der Waals surface area contributed by atoms with E-state index in [0.717, 1.165) is 6.42 Å². The first-order valence-corrected chi connectivity index (χ1v) is 5.23. The fourth-order valence-corrected chi connectivity index (χ4v) is 1.71. The molecule has 0 aliphatic heterocycles. The van der Waals surface area contributed by atoms with Gasteiger partial charge in [0, 0.05) is 0 Å². The van der Waals surface area contributed by atoms with Crippen molar-refractivity contribution in [3.63, 3.8) is 0 Å². The second-order valence-corrected chi connectivity index (χ2v) is 3.59. The second-order valence-electron chi connectivity index (χ2n) is 3.26. The zero-order valence-electron chi connectivity index (χ0n) is 8.35. The molecule has 0 fully saturated rings. The molecule has 0 amide bonds. The zero-order chi connectivity index (χ0) is 10.7. The fraction of sp³-hybridized carbons (Fsp3) is 0.273. The van der Waals surface area contributed by atoms with E-state index in [1.165, 1.54) is 5.56 Å². The van der Waals surface area contributed by atoms with Gasteiger partial charge in [0.15, 0.2) is 0 Å². The Kier molecular flexibility index (Phi) is 3.02. The van der Waals surface area contributed by atoms with Crippen LogP contribution in [-0.2, 0) is 0 Å². The molecule has 0 bridgehead atoms. The SMILES string of the molecule is CCC(c1ccccc1)c1nnc(Cl)o1. The Balaban J connectivity index is 2.33. The highest BCUT2D eigenvalue weighted by Gasteiger charge is 2.17. The average molecular weight is 223 g/mol. The van der Waals surface area contributed by atoms with Crippen LogP contribution in [0.4, 0.5) is 0 Å². The first-order valence-electron chi connectivity index (χ1n) is 4.85. The van der Waals surface area contributed by atoms with Crippen LogP contribution in [0.25, 0.3) is 0 Å². The van der Waals surface area contributed by atoms with Crippen molar-refractivity contribution < 1.29 is 4.42 Å². The van der Waals surface area contributed by atoms with Gasteiger partial charge in [0.25, 0.3) is 0 Å². The van der Waals surface area contributed by atoms with Crippen molar-refractivity contribution in [1.82, 2.24) is 10.2 Å². The van der Waals surface area contributed by atoms with E-state index in [0.29, 0.717) is 5.89 Å². The van der Waals surface area contributed by atoms with E-state index >= 15 is 0 Å². The number of benzene rings is 1. The monoisotopic (exact) mass is 222 g/mol. The Hall–Kier alpha value is -1.35. The maximum atomic E-state index is 5.61. The maximum Gasteiger partial charge on any atom is 0.312 e. The Morgan fingerprint density at radius 1 is 1.27 bits per heavy atom. The van der Waals surface area contributed by atoms with Crippen LogP contribution in [0.15, 0.2) is 34.7 Å². The molecule has 0 N–H and O–H groups in total. The lowest BCUT2D eigenvalue weighted by Crippen LogP contribution is -1.99. The highest BCUT2D eigenvalue weighted by Crippen LogP contribution is 2.27. The third-order valence-corrected chi connectivity index (χ3v) is 2.48. The molecule has 0 radical (unpaired) electrons. The van der Waals surface area contributed by atoms with E-state index < -0.39 is 0 Å². The van der Waals surface area contributed by atoms with Crippen LogP contribution in [0.2, 0.25) is 5.35 Å². The molecule has 2 rings (SSSR count). The molecule has 1 aromatic heterocycles. The van der Waals surface area contributed by atoms with Gasteiger partial charge in [0.2, 0.25) is 5.89 Å². The molecule has 0 saturated carbocycles. The first kappa shape index (κ1) is 10.2. The lowest BCUT2D eigenvalue weighted by molar-refractivity contribution is 0.465. The average Bonchev–Trinajstić information content (AvgIpc) is 2.68. The minimum absolute atomic E-state index is 0.0966. The molecule has 0 aliphatic carbocycles. The zero-order valence-corrected chi connectivity index (χ0v) is 9.11. The van der Waals surface area contributed by atoms with Crippen molar-refractivity contribution in [2.24, 2.45) is 0 Å². The topological polar surface area (TPSA) is 38.9 Å². The maximum absolute atomic E-state index is 5.61. The first-order chi connectivity index (χ1) is 7.31. The van der Waals surface area contributed by atoms with Crippen molar-refractivity contribution in [2.45, 2.75) is 19.3 Å². The molecule has 1 atom stereocenters. The van der Waals surface area contributed by atoms with E-state index in [4.69, 9.17) is 16.0 Å². The van der Waals surface area contributed by atoms with Crippen LogP contribution in [-0.4, -0.2) is 10.2 Å². The van der Waals surface area contributed by atoms with Crippen LogP contribution >= 0.6 is 11.6 Å². The minimum atomic E-state index is 0.0966. The molecule has 1 unspecified atom stereocenters. The molecule has 0 spiro atoms. The molecule has 3 nitrogen and oxygen atoms in total. The van der Waals surface area contributed by atoms with Gasteiger partial charge in [-0.05, 0) is 23.6 Å². The minimum Gasteiger partial charge on any atom is -0.411 e. The number of aromatic nitrogens is 2. The van der Waals surface area contributed by atoms with Gasteiger partial charge in [-0.25, -0.2) is 0 Å². The van der Waals surface area contributed by atoms with Crippen molar-refractivity contribution in [3.8, 4) is 0 Å². The van der Waals surface area contributed by atoms with Crippen molar-refractivity contribution >= 4 is 11.6 Å². The van der Waals surface area contributed by atoms with Gasteiger partial charge < -0.3 is 4.42 Å². The summed E-state index contributed by atoms with van der Waals surface area (Å²) >= 11 is 5.61. The van der Waals surface area contributed by atoms with Crippen LogP contribution in [0, 0.1) is 0 Å². The standard InChI is InChI=1S/C11H11ClN2O/c1-2-9(8-6-4-3-5-7-8)10-13-14-11(12)15-10/h3-7,9H,2H2,1H3. The smallest absolute Gasteiger partial charge is 0.312 e. The van der Waals surface area contributed by atoms with E-state index in [1.54, 1.807) is 0 Å². The Morgan fingerprint density at radius 2 is 2.00 bits per heavy atom. The molecule has 4 heteroatoms. The van der Waals surface area contributed by atoms with Crippen molar-refractivity contribution in [3.05, 3.63) is 47.1 Å². The highest BCUT2D eigenvalue weighted by molar-refractivity contribution is 6.27. The Bertz CT molecular complexity index is 427. The second kappa shape index (κ2) is 4.45. The largest absolute Gasteiger partial charge is 0.411 e. The number of rotatable bonds is 3. The summed E-state index contributed by atoms with van der Waals surface area (Å²) in [6.07, 6.45) is 0.905. The number of hydrogen-bond acceptors (Lipinski definition) is 3. The van der Waals surface area contributed by atoms with Gasteiger partial charge in [-0.2, -0.15) is 0 Å². The Morgan fingerprint density at radius 3 is 2.53 bits per heavy atom. The lowest BCUT2D eigenvalue weighted by Gasteiger charge is -2.09. The summed E-state index contributed by atoms with van der Waals surface area (Å²) in [5.41, 5.74) is 1.17. The van der Waals surface area contributed by atoms with E-state index in [1.807, 2.05) is 30.3 Å². The summed E-state index contributed by atoms with van der Waals surface area (Å²) in [5.74, 6) is 0.708. The van der Waals surface area contributed by atoms with E-state index in [-0.39, 0.29) is 11.3 Å². The normalized spacial score (nSPS) is 12.7. The van der Waals surface area contributed by atoms with E-state index in [9.17, 15) is 0 Å². The molecule has 15 heavy (non-hydrogen) atoms. The summed E-state index contributed by atoms with van der Waals surface area (Å²) in [7, 11) is 0. The Labute approximate surface area is 93.1 Å². The number of hydrogen-bond donors (Lipinski definition) is 0. The van der Waals surface area contributed by atoms with Crippen LogP contribution in [0.1, 0.15) is 30.7 Å². The summed E-state index contributed by atoms with van der Waals surface area (Å²) in [4.78, 5) is 0. The van der Waals surface area contributed by atoms with E-state index in [2.05, 4.69) is 17.1 Å². The molecule has 0 aliphatic rings. The van der Waals surface area contributed by atoms with Crippen molar-refractivity contribution in [1.29, 1.82) is 0 Å². The fourth-order valence-electron chi connectivity index (χ4n) is 1.59. The third-order valence-electron chi connectivity index (χ3n) is 2.32. The molecule has 78 valence electrons. The molecular formula is C11H11ClN2O. The molecule has 0 saturated heterocycles. The van der Waals surface area contributed by atoms with Gasteiger partial charge in [-0.3, -0.25) is 0 Å². The summed E-state index contributed by atoms with van der Waals surface area (Å²) in [6, 6.07) is 10.1. The van der Waals surface area contributed by atoms with Gasteiger partial charge in [0.05, 0.1) is 5.92 Å². The predicted octanol–water partition coefficient (Wildman–Crippen LogP) is 3.26. The molecular weight excluding hydrogens is 212 g/mol. The summed E-state index contributed by atoms with van der Waals surface area (Å²) in [6.45, 7) is 2.08. The number of nitrogens with zero attached hydrogens (tertiary/aromatic N) is 2. The summed E-state index contributed by atoms with van der Waals surface area (Å²) < 4.78 is 5.23.